The molecule has 0 unspecified atom stereocenters. The van der Waals surface area contributed by atoms with Gasteiger partial charge in [-0.1, -0.05) is 6.53 Å². The number of carbonyl (C=O) groups excluding carboxylic acids is 2. The second-order valence-corrected chi connectivity index (χ2v) is 1.23. The van der Waals surface area contributed by atoms with E-state index < -0.39 is 24.5 Å². The van der Waals surface area contributed by atoms with Gasteiger partial charge in [-0.05, 0) is 0 Å². The van der Waals surface area contributed by atoms with Gasteiger partial charge in [-0.15, -0.1) is 6.40 Å². The number of hydrogen-bond acceptors (Lipinski definition) is 4. The van der Waals surface area contributed by atoms with Gasteiger partial charge >= 0.3 is 11.9 Å². The van der Waals surface area contributed by atoms with Crippen molar-refractivity contribution >= 4 is 11.9 Å². The van der Waals surface area contributed by atoms with Gasteiger partial charge in [0.15, 0.2) is 0 Å². The summed E-state index contributed by atoms with van der Waals surface area (Å²) < 4.78 is 33.9. The molecule has 4 nitrogen and oxygen atoms in total. The molecule has 0 aliphatic heterocycles. The van der Waals surface area contributed by atoms with Crippen LogP contribution in [0.3, 0.4) is 0 Å². The summed E-state index contributed by atoms with van der Waals surface area (Å²) in [6.07, 6.45) is 1.64. The summed E-state index contributed by atoms with van der Waals surface area (Å²) in [6, 6.07) is -0.725. The molecular formula is C8H10O4. The maximum Gasteiger partial charge on any atom is 0.383 e. The predicted molar refractivity (Wildman–Crippen MR) is 43.1 cm³/mol. The van der Waals surface area contributed by atoms with Gasteiger partial charge in [0.05, 0.1) is 18.3 Å². The van der Waals surface area contributed by atoms with E-state index in [2.05, 4.69) is 9.47 Å². The van der Waals surface area contributed by atoms with E-state index in [1.807, 2.05) is 5.92 Å². The minimum atomic E-state index is -0.949. The van der Waals surface area contributed by atoms with E-state index in [0.717, 1.165) is 7.11 Å². The van der Waals surface area contributed by atoms with E-state index in [1.54, 1.807) is 6.40 Å². The number of esters is 2. The Balaban J connectivity index is 0. The molecule has 4 heteroatoms. The second kappa shape index (κ2) is 9.24. The molecule has 12 heavy (non-hydrogen) atoms. The van der Waals surface area contributed by atoms with E-state index in [9.17, 15) is 9.59 Å². The molecule has 0 atom stereocenters. The number of rotatable bonds is 1. The molecule has 0 saturated carbocycles. The molecule has 0 aliphatic rings. The van der Waals surface area contributed by atoms with Crippen molar-refractivity contribution < 1.29 is 24.5 Å². The first-order chi connectivity index (χ1) is 7.40. The lowest BCUT2D eigenvalue weighted by Gasteiger charge is -1.83. The Morgan fingerprint density at radius 1 is 1.75 bits per heavy atom. The third-order valence-corrected chi connectivity index (χ3v) is 0.575. The Hall–Kier alpha value is -1.76. The Morgan fingerprint density at radius 3 is 2.58 bits per heavy atom. The van der Waals surface area contributed by atoms with Crippen molar-refractivity contribution in [2.24, 2.45) is 0 Å². The summed E-state index contributed by atoms with van der Waals surface area (Å²) in [6.45, 7) is -0.832. The van der Waals surface area contributed by atoms with Crippen LogP contribution in [0.2, 0.25) is 0 Å². The average Bonchev–Trinajstić information content (AvgIpc) is 2.27. The molecule has 66 valence electrons. The maximum atomic E-state index is 10.2. The van der Waals surface area contributed by atoms with Crippen LogP contribution in [0.15, 0.2) is 12.6 Å². The Kier molecular flexibility index (Phi) is 4.49. The summed E-state index contributed by atoms with van der Waals surface area (Å²) >= 11 is 0. The fourth-order valence-corrected chi connectivity index (χ4v) is 0.102. The summed E-state index contributed by atoms with van der Waals surface area (Å²) in [5.74, 6) is 0.230. The van der Waals surface area contributed by atoms with Gasteiger partial charge in [0.1, 0.15) is 1.37 Å². The van der Waals surface area contributed by atoms with Crippen LogP contribution in [0, 0.1) is 12.3 Å². The van der Waals surface area contributed by atoms with Crippen LogP contribution in [0.5, 0.6) is 0 Å². The summed E-state index contributed by atoms with van der Waals surface area (Å²) in [4.78, 5) is 20.1. The van der Waals surface area contributed by atoms with Gasteiger partial charge in [0, 0.05) is 12.0 Å². The lowest BCUT2D eigenvalue weighted by molar-refractivity contribution is -0.135. The van der Waals surface area contributed by atoms with Crippen molar-refractivity contribution in [1.29, 1.82) is 0 Å². The third kappa shape index (κ3) is 11.1. The molecule has 0 heterocycles. The number of ether oxygens (including phenoxy) is 2. The first kappa shape index (κ1) is 5.84. The molecule has 0 amide bonds. The average molecular weight is 174 g/mol. The minimum absolute atomic E-state index is 0.671. The zero-order valence-electron chi connectivity index (χ0n) is 10.6. The molecular weight excluding hydrogens is 160 g/mol. The van der Waals surface area contributed by atoms with E-state index in [1.165, 1.54) is 7.11 Å². The molecule has 0 aromatic rings. The van der Waals surface area contributed by atoms with Gasteiger partial charge < -0.3 is 9.47 Å². The molecule has 0 bridgehead atoms. The highest BCUT2D eigenvalue weighted by Gasteiger charge is 1.83. The third-order valence-electron chi connectivity index (χ3n) is 0.575. The van der Waals surface area contributed by atoms with Crippen molar-refractivity contribution in [3.63, 3.8) is 0 Å². The molecule has 0 radical (unpaired) electrons. The molecule has 0 aromatic heterocycles. The number of terminal acetylenes is 1. The lowest BCUT2D eigenvalue weighted by Crippen LogP contribution is -1.92. The maximum absolute atomic E-state index is 10.2. The molecule has 0 aromatic carbocycles. The normalized spacial score (nSPS) is 10.2. The fourth-order valence-electron chi connectivity index (χ4n) is 0.102. The molecule has 0 fully saturated rings. The first-order valence-electron chi connectivity index (χ1n) is 4.63. The lowest BCUT2D eigenvalue weighted by atomic mass is 10.7. The standard InChI is InChI=1S/C4H6O2.C4H4O2/c2*1-3-4(5)6-2/h3H,1H2,2H3;1H,2H3/i1D2,3D;1D. The molecule has 0 spiro atoms. The van der Waals surface area contributed by atoms with Crippen LogP contribution >= 0.6 is 0 Å². The van der Waals surface area contributed by atoms with Gasteiger partial charge in [-0.3, -0.25) is 0 Å². The molecule has 0 saturated heterocycles. The summed E-state index contributed by atoms with van der Waals surface area (Å²) in [7, 11) is 2.31. The highest BCUT2D eigenvalue weighted by Crippen LogP contribution is 1.67. The smallest absolute Gasteiger partial charge is 0.383 e. The van der Waals surface area contributed by atoms with Crippen molar-refractivity contribution in [2.75, 3.05) is 14.2 Å². The predicted octanol–water partition coefficient (Wildman–Crippen LogP) is 0.138. The van der Waals surface area contributed by atoms with Crippen molar-refractivity contribution in [3.8, 4) is 12.3 Å². The highest BCUT2D eigenvalue weighted by atomic mass is 16.5. The summed E-state index contributed by atoms with van der Waals surface area (Å²) in [5.41, 5.74) is 0. The number of hydrogen-bond donors (Lipinski definition) is 0. The van der Waals surface area contributed by atoms with Crippen LogP contribution in [-0.4, -0.2) is 26.2 Å². The number of carbonyl (C=O) groups is 2. The van der Waals surface area contributed by atoms with Crippen LogP contribution < -0.4 is 0 Å². The van der Waals surface area contributed by atoms with Gasteiger partial charge in [-0.2, -0.15) is 0 Å². The van der Waals surface area contributed by atoms with E-state index >= 15 is 0 Å². The van der Waals surface area contributed by atoms with Crippen LogP contribution in [0.25, 0.3) is 0 Å². The second-order valence-electron chi connectivity index (χ2n) is 1.23. The van der Waals surface area contributed by atoms with E-state index in [-0.39, 0.29) is 0 Å². The monoisotopic (exact) mass is 174 g/mol. The van der Waals surface area contributed by atoms with Gasteiger partial charge in [0.25, 0.3) is 0 Å². The van der Waals surface area contributed by atoms with Crippen molar-refractivity contribution in [1.82, 2.24) is 0 Å². The van der Waals surface area contributed by atoms with Gasteiger partial charge in [0.2, 0.25) is 0 Å². The fraction of sp³-hybridized carbons (Fsp3) is 0.250. The van der Waals surface area contributed by atoms with Crippen molar-refractivity contribution in [3.05, 3.63) is 12.6 Å². The Labute approximate surface area is 76.8 Å². The quantitative estimate of drug-likeness (QED) is 0.245. The zero-order chi connectivity index (χ0) is 13.1. The SMILES string of the molecule is [2H]C#CC(=O)OC.[2H]C([2H])=C([2H])C(=O)OC. The Morgan fingerprint density at radius 2 is 2.42 bits per heavy atom. The van der Waals surface area contributed by atoms with Crippen LogP contribution in [0.4, 0.5) is 0 Å². The van der Waals surface area contributed by atoms with E-state index in [4.69, 9.17) is 5.48 Å². The van der Waals surface area contributed by atoms with Crippen molar-refractivity contribution in [2.45, 2.75) is 0 Å². The number of methoxy groups -OCH3 is 2. The summed E-state index contributed by atoms with van der Waals surface area (Å²) in [5, 5.41) is 0. The molecule has 0 N–H and O–H groups in total. The van der Waals surface area contributed by atoms with Crippen LogP contribution in [-0.2, 0) is 19.1 Å². The topological polar surface area (TPSA) is 52.6 Å². The minimum Gasteiger partial charge on any atom is -0.466 e. The van der Waals surface area contributed by atoms with E-state index in [0.29, 0.717) is 0 Å². The molecule has 0 aliphatic carbocycles. The van der Waals surface area contributed by atoms with Gasteiger partial charge in [-0.25, -0.2) is 9.59 Å². The Bertz CT molecular complexity index is 336. The van der Waals surface area contributed by atoms with Crippen LogP contribution in [0.1, 0.15) is 5.48 Å². The first-order valence-corrected chi connectivity index (χ1v) is 2.63. The highest BCUT2D eigenvalue weighted by molar-refractivity contribution is 5.87. The largest absolute Gasteiger partial charge is 0.466 e. The zero-order valence-corrected chi connectivity index (χ0v) is 6.63. The molecule has 0 rings (SSSR count).